The van der Waals surface area contributed by atoms with Crippen LogP contribution in [0.2, 0.25) is 10.0 Å². The van der Waals surface area contributed by atoms with E-state index >= 15 is 0 Å². The zero-order valence-electron chi connectivity index (χ0n) is 12.8. The molecule has 0 aromatic heterocycles. The summed E-state index contributed by atoms with van der Waals surface area (Å²) in [6, 6.07) is 5.86. The van der Waals surface area contributed by atoms with Crippen molar-refractivity contribution < 1.29 is 4.74 Å². The predicted octanol–water partition coefficient (Wildman–Crippen LogP) is 4.81. The fourth-order valence-electron chi connectivity index (χ4n) is 2.00. The molecule has 0 spiro atoms. The van der Waals surface area contributed by atoms with E-state index in [0.29, 0.717) is 28.9 Å². The molecule has 0 saturated heterocycles. The molecule has 0 saturated carbocycles. The van der Waals surface area contributed by atoms with Crippen molar-refractivity contribution in [2.45, 2.75) is 39.7 Å². The van der Waals surface area contributed by atoms with Crippen LogP contribution in [0.5, 0.6) is 5.75 Å². The van der Waals surface area contributed by atoms with Gasteiger partial charge in [0.15, 0.2) is 0 Å². The lowest BCUT2D eigenvalue weighted by Crippen LogP contribution is -2.10. The molecule has 0 fully saturated rings. The largest absolute Gasteiger partial charge is 0.492 e. The number of nitriles is 1. The molecule has 5 heteroatoms. The number of hydrogen-bond donors (Lipinski definition) is 1. The number of rotatable bonds is 8. The van der Waals surface area contributed by atoms with Crippen LogP contribution in [0, 0.1) is 16.7 Å². The number of benzene rings is 1. The van der Waals surface area contributed by atoms with Gasteiger partial charge in [0.25, 0.3) is 0 Å². The Morgan fingerprint density at radius 3 is 2.62 bits per heavy atom. The first-order chi connectivity index (χ1) is 9.89. The van der Waals surface area contributed by atoms with Gasteiger partial charge in [-0.15, -0.1) is 0 Å². The van der Waals surface area contributed by atoms with Crippen molar-refractivity contribution in [3.63, 3.8) is 0 Å². The maximum absolute atomic E-state index is 8.97. The first kappa shape index (κ1) is 18.1. The summed E-state index contributed by atoms with van der Waals surface area (Å²) in [6.07, 6.45) is 2.71. The SMILES string of the molecule is CNCc1cc(Cl)cc(Cl)c1OCCCCC(C)(C)C#N. The van der Waals surface area contributed by atoms with E-state index in [1.165, 1.54) is 0 Å². The minimum atomic E-state index is -0.269. The van der Waals surface area contributed by atoms with Crippen LogP contribution in [0.3, 0.4) is 0 Å². The van der Waals surface area contributed by atoms with E-state index in [-0.39, 0.29) is 5.41 Å². The van der Waals surface area contributed by atoms with Gasteiger partial charge < -0.3 is 10.1 Å². The smallest absolute Gasteiger partial charge is 0.142 e. The van der Waals surface area contributed by atoms with Gasteiger partial charge in [-0.25, -0.2) is 0 Å². The number of unbranched alkanes of at least 4 members (excludes halogenated alkanes) is 1. The van der Waals surface area contributed by atoms with E-state index in [0.717, 1.165) is 24.8 Å². The molecule has 0 unspecified atom stereocenters. The maximum atomic E-state index is 8.97. The Balaban J connectivity index is 2.54. The third-order valence-corrected chi connectivity index (χ3v) is 3.70. The van der Waals surface area contributed by atoms with Crippen molar-refractivity contribution in [2.24, 2.45) is 5.41 Å². The molecule has 0 radical (unpaired) electrons. The minimum Gasteiger partial charge on any atom is -0.492 e. The topological polar surface area (TPSA) is 45.0 Å². The monoisotopic (exact) mass is 328 g/mol. The van der Waals surface area contributed by atoms with Crippen LogP contribution in [-0.2, 0) is 6.54 Å². The number of ether oxygens (including phenoxy) is 1. The number of nitrogens with zero attached hydrogens (tertiary/aromatic N) is 1. The zero-order valence-corrected chi connectivity index (χ0v) is 14.3. The van der Waals surface area contributed by atoms with Crippen LogP contribution in [0.15, 0.2) is 12.1 Å². The molecule has 0 amide bonds. The fraction of sp³-hybridized carbons (Fsp3) is 0.562. The van der Waals surface area contributed by atoms with Crippen molar-refractivity contribution in [1.29, 1.82) is 5.26 Å². The second kappa shape index (κ2) is 8.48. The van der Waals surface area contributed by atoms with E-state index in [2.05, 4.69) is 11.4 Å². The summed E-state index contributed by atoms with van der Waals surface area (Å²) in [5.74, 6) is 0.690. The van der Waals surface area contributed by atoms with Gasteiger partial charge in [-0.3, -0.25) is 0 Å². The third kappa shape index (κ3) is 6.13. The Bertz CT molecular complexity index is 510. The lowest BCUT2D eigenvalue weighted by Gasteiger charge is -2.16. The second-order valence-corrected chi connectivity index (χ2v) is 6.55. The minimum absolute atomic E-state index is 0.269. The molecule has 116 valence electrons. The molecule has 0 aliphatic heterocycles. The lowest BCUT2D eigenvalue weighted by molar-refractivity contribution is 0.292. The van der Waals surface area contributed by atoms with E-state index in [9.17, 15) is 0 Å². The predicted molar refractivity (Wildman–Crippen MR) is 88.0 cm³/mol. The van der Waals surface area contributed by atoms with Crippen molar-refractivity contribution in [1.82, 2.24) is 5.32 Å². The highest BCUT2D eigenvalue weighted by molar-refractivity contribution is 6.35. The lowest BCUT2D eigenvalue weighted by atomic mass is 9.89. The highest BCUT2D eigenvalue weighted by Gasteiger charge is 2.16. The van der Waals surface area contributed by atoms with Gasteiger partial charge in [-0.2, -0.15) is 5.26 Å². The quantitative estimate of drug-likeness (QED) is 0.696. The van der Waals surface area contributed by atoms with Crippen LogP contribution in [0.1, 0.15) is 38.7 Å². The third-order valence-electron chi connectivity index (χ3n) is 3.20. The maximum Gasteiger partial charge on any atom is 0.142 e. The van der Waals surface area contributed by atoms with E-state index < -0.39 is 0 Å². The van der Waals surface area contributed by atoms with Gasteiger partial charge in [-0.1, -0.05) is 23.2 Å². The Hall–Kier alpha value is -0.950. The van der Waals surface area contributed by atoms with Gasteiger partial charge >= 0.3 is 0 Å². The van der Waals surface area contributed by atoms with Crippen LogP contribution in [0.25, 0.3) is 0 Å². The van der Waals surface area contributed by atoms with Gasteiger partial charge in [-0.05, 0) is 52.3 Å². The molecule has 1 N–H and O–H groups in total. The first-order valence-electron chi connectivity index (χ1n) is 7.06. The molecular formula is C16H22Cl2N2O. The van der Waals surface area contributed by atoms with Crippen LogP contribution in [0.4, 0.5) is 0 Å². The summed E-state index contributed by atoms with van der Waals surface area (Å²) in [4.78, 5) is 0. The van der Waals surface area contributed by atoms with E-state index in [4.69, 9.17) is 33.2 Å². The number of halogens is 2. The highest BCUT2D eigenvalue weighted by Crippen LogP contribution is 2.32. The Labute approximate surface area is 137 Å². The zero-order chi connectivity index (χ0) is 15.9. The van der Waals surface area contributed by atoms with Crippen molar-refractivity contribution in [2.75, 3.05) is 13.7 Å². The normalized spacial score (nSPS) is 11.2. The number of nitrogens with one attached hydrogen (secondary N) is 1. The van der Waals surface area contributed by atoms with Gasteiger partial charge in [0.1, 0.15) is 5.75 Å². The Morgan fingerprint density at radius 2 is 2.00 bits per heavy atom. The average Bonchev–Trinajstić information content (AvgIpc) is 2.41. The number of hydrogen-bond acceptors (Lipinski definition) is 3. The molecule has 0 atom stereocenters. The first-order valence-corrected chi connectivity index (χ1v) is 7.82. The average molecular weight is 329 g/mol. The molecule has 0 bridgehead atoms. The van der Waals surface area contributed by atoms with Gasteiger partial charge in [0.2, 0.25) is 0 Å². The Kier molecular flexibility index (Phi) is 7.31. The second-order valence-electron chi connectivity index (χ2n) is 5.71. The summed E-state index contributed by atoms with van der Waals surface area (Å²) in [5.41, 5.74) is 0.683. The summed E-state index contributed by atoms with van der Waals surface area (Å²) in [6.45, 7) is 5.14. The van der Waals surface area contributed by atoms with Gasteiger partial charge in [0.05, 0.1) is 23.1 Å². The molecule has 1 aromatic carbocycles. The molecule has 1 aromatic rings. The summed E-state index contributed by atoms with van der Waals surface area (Å²) in [5, 5.41) is 13.2. The molecule has 0 heterocycles. The molecule has 0 aliphatic rings. The van der Waals surface area contributed by atoms with Crippen molar-refractivity contribution in [3.8, 4) is 11.8 Å². The van der Waals surface area contributed by atoms with Crippen LogP contribution >= 0.6 is 23.2 Å². The standard InChI is InChI=1S/C16H22Cl2N2O/c1-16(2,11-19)6-4-5-7-21-15-12(10-20-3)8-13(17)9-14(15)18/h8-9,20H,4-7,10H2,1-3H3. The summed E-state index contributed by atoms with van der Waals surface area (Å²) >= 11 is 12.2. The van der Waals surface area contributed by atoms with E-state index in [1.807, 2.05) is 27.0 Å². The Morgan fingerprint density at radius 1 is 1.29 bits per heavy atom. The molecule has 1 rings (SSSR count). The molecule has 0 aliphatic carbocycles. The van der Waals surface area contributed by atoms with Crippen LogP contribution < -0.4 is 10.1 Å². The van der Waals surface area contributed by atoms with E-state index in [1.54, 1.807) is 6.07 Å². The van der Waals surface area contributed by atoms with Gasteiger partial charge in [0, 0.05) is 17.1 Å². The summed E-state index contributed by atoms with van der Waals surface area (Å²) in [7, 11) is 1.86. The molecule has 21 heavy (non-hydrogen) atoms. The highest BCUT2D eigenvalue weighted by atomic mass is 35.5. The fourth-order valence-corrected chi connectivity index (χ4v) is 2.59. The molecule has 3 nitrogen and oxygen atoms in total. The van der Waals surface area contributed by atoms with Crippen molar-refractivity contribution >= 4 is 23.2 Å². The molecular weight excluding hydrogens is 307 g/mol. The van der Waals surface area contributed by atoms with Crippen molar-refractivity contribution in [3.05, 3.63) is 27.7 Å². The summed E-state index contributed by atoms with van der Waals surface area (Å²) < 4.78 is 5.81. The van der Waals surface area contributed by atoms with Crippen LogP contribution in [-0.4, -0.2) is 13.7 Å².